The van der Waals surface area contributed by atoms with E-state index in [-0.39, 0.29) is 28.6 Å². The molecular formula is C19H16N2O7S. The van der Waals surface area contributed by atoms with Gasteiger partial charge in [0.1, 0.15) is 16.3 Å². The van der Waals surface area contributed by atoms with Crippen molar-refractivity contribution < 1.29 is 28.4 Å². The number of esters is 1. The zero-order valence-corrected chi connectivity index (χ0v) is 16.1. The van der Waals surface area contributed by atoms with Gasteiger partial charge in [0.25, 0.3) is 5.91 Å². The lowest BCUT2D eigenvalue weighted by atomic mass is 10.1. The molecule has 0 aliphatic rings. The van der Waals surface area contributed by atoms with E-state index in [1.54, 1.807) is 30.5 Å². The minimum atomic E-state index is -0.602. The lowest BCUT2D eigenvalue weighted by Gasteiger charge is -2.09. The Labute approximate surface area is 169 Å². The highest BCUT2D eigenvalue weighted by atomic mass is 32.1. The second kappa shape index (κ2) is 9.02. The fourth-order valence-electron chi connectivity index (χ4n) is 2.51. The molecule has 0 fully saturated rings. The third kappa shape index (κ3) is 4.61. The van der Waals surface area contributed by atoms with Gasteiger partial charge in [0.05, 0.1) is 17.8 Å². The van der Waals surface area contributed by atoms with E-state index in [4.69, 9.17) is 13.9 Å². The van der Waals surface area contributed by atoms with Crippen molar-refractivity contribution in [3.8, 4) is 17.1 Å². The Bertz CT molecular complexity index is 1030. The summed E-state index contributed by atoms with van der Waals surface area (Å²) in [7, 11) is 0. The molecule has 10 heteroatoms. The second-order valence-electron chi connectivity index (χ2n) is 5.61. The molecule has 1 N–H and O–H groups in total. The van der Waals surface area contributed by atoms with Crippen LogP contribution in [0.5, 0.6) is 5.75 Å². The molecule has 2 heterocycles. The number of benzene rings is 1. The molecule has 29 heavy (non-hydrogen) atoms. The van der Waals surface area contributed by atoms with Gasteiger partial charge in [0.15, 0.2) is 12.4 Å². The predicted octanol–water partition coefficient (Wildman–Crippen LogP) is 4.11. The van der Waals surface area contributed by atoms with Crippen molar-refractivity contribution >= 4 is 33.9 Å². The quantitative estimate of drug-likeness (QED) is 0.333. The Balaban J connectivity index is 1.77. The first kappa shape index (κ1) is 20.1. The largest absolute Gasteiger partial charge is 0.477 e. The number of carbonyl (C=O) groups is 2. The second-order valence-corrected chi connectivity index (χ2v) is 6.49. The first-order valence-corrected chi connectivity index (χ1v) is 9.37. The zero-order valence-electron chi connectivity index (χ0n) is 15.2. The third-order valence-electron chi connectivity index (χ3n) is 3.73. The molecule has 3 aromatic rings. The number of anilines is 1. The molecule has 0 spiro atoms. The number of ether oxygens (including phenoxy) is 2. The summed E-state index contributed by atoms with van der Waals surface area (Å²) in [6, 6.07) is 9.11. The van der Waals surface area contributed by atoms with Gasteiger partial charge in [-0.15, -0.1) is 11.3 Å². The van der Waals surface area contributed by atoms with Crippen LogP contribution in [0.3, 0.4) is 0 Å². The van der Waals surface area contributed by atoms with Crippen LogP contribution in [0.4, 0.5) is 10.7 Å². The third-order valence-corrected chi connectivity index (χ3v) is 4.63. The molecule has 1 aromatic carbocycles. The predicted molar refractivity (Wildman–Crippen MR) is 105 cm³/mol. The molecule has 0 unspecified atom stereocenters. The van der Waals surface area contributed by atoms with E-state index in [0.717, 1.165) is 11.3 Å². The van der Waals surface area contributed by atoms with Gasteiger partial charge in [-0.3, -0.25) is 14.9 Å². The van der Waals surface area contributed by atoms with E-state index in [9.17, 15) is 19.7 Å². The topological polar surface area (TPSA) is 121 Å². The smallest absolute Gasteiger partial charge is 0.341 e. The highest BCUT2D eigenvalue weighted by molar-refractivity contribution is 7.15. The first-order valence-electron chi connectivity index (χ1n) is 8.49. The number of nitrogens with one attached hydrogen (secondary N) is 1. The number of nitro benzene ring substituents is 1. The number of thiophene rings is 1. The van der Waals surface area contributed by atoms with E-state index in [1.807, 2.05) is 0 Å². The van der Waals surface area contributed by atoms with Crippen LogP contribution < -0.4 is 10.1 Å². The van der Waals surface area contributed by atoms with Crippen molar-refractivity contribution in [3.05, 3.63) is 63.7 Å². The highest BCUT2D eigenvalue weighted by Gasteiger charge is 2.24. The van der Waals surface area contributed by atoms with Crippen LogP contribution in [0, 0.1) is 10.1 Å². The van der Waals surface area contributed by atoms with Gasteiger partial charge in [-0.05, 0) is 25.1 Å². The maximum absolute atomic E-state index is 12.4. The fourth-order valence-corrected chi connectivity index (χ4v) is 3.46. The van der Waals surface area contributed by atoms with Gasteiger partial charge in [-0.25, -0.2) is 4.79 Å². The summed E-state index contributed by atoms with van der Waals surface area (Å²) in [6.45, 7) is 1.37. The van der Waals surface area contributed by atoms with Crippen LogP contribution in [0.25, 0.3) is 11.3 Å². The van der Waals surface area contributed by atoms with Crippen molar-refractivity contribution in [2.75, 3.05) is 18.5 Å². The molecule has 2 aromatic heterocycles. The average molecular weight is 416 g/mol. The van der Waals surface area contributed by atoms with Gasteiger partial charge in [-0.2, -0.15) is 0 Å². The van der Waals surface area contributed by atoms with E-state index < -0.39 is 23.4 Å². The number of nitrogens with zero attached hydrogens (tertiary/aromatic N) is 1. The van der Waals surface area contributed by atoms with Crippen LogP contribution in [0.2, 0.25) is 0 Å². The molecule has 150 valence electrons. The first-order chi connectivity index (χ1) is 14.0. The van der Waals surface area contributed by atoms with Crippen molar-refractivity contribution in [1.82, 2.24) is 0 Å². The number of rotatable bonds is 8. The van der Waals surface area contributed by atoms with E-state index >= 15 is 0 Å². The number of para-hydroxylation sites is 2. The number of nitro groups is 1. The van der Waals surface area contributed by atoms with Gasteiger partial charge in [0.2, 0.25) is 0 Å². The molecule has 3 rings (SSSR count). The van der Waals surface area contributed by atoms with Crippen molar-refractivity contribution in [2.45, 2.75) is 6.92 Å². The SMILES string of the molecule is CCOC(=O)c1c(-c2ccco2)csc1NC(=O)COc1ccccc1[N+](=O)[O-]. The molecule has 0 saturated carbocycles. The van der Waals surface area contributed by atoms with Crippen molar-refractivity contribution in [2.24, 2.45) is 0 Å². The molecule has 0 aliphatic carbocycles. The van der Waals surface area contributed by atoms with Gasteiger partial charge >= 0.3 is 11.7 Å². The number of furan rings is 1. The van der Waals surface area contributed by atoms with Crippen molar-refractivity contribution in [3.63, 3.8) is 0 Å². The fraction of sp³-hybridized carbons (Fsp3) is 0.158. The van der Waals surface area contributed by atoms with Crippen molar-refractivity contribution in [1.29, 1.82) is 0 Å². The molecule has 0 saturated heterocycles. The summed E-state index contributed by atoms with van der Waals surface area (Å²) in [5.74, 6) is -0.752. The van der Waals surface area contributed by atoms with E-state index in [1.165, 1.54) is 24.5 Å². The average Bonchev–Trinajstić information content (AvgIpc) is 3.36. The van der Waals surface area contributed by atoms with Gasteiger partial charge < -0.3 is 19.2 Å². The summed E-state index contributed by atoms with van der Waals surface area (Å²) >= 11 is 1.13. The summed E-state index contributed by atoms with van der Waals surface area (Å²) < 4.78 is 15.7. The zero-order chi connectivity index (χ0) is 20.8. The Hall–Kier alpha value is -3.66. The Morgan fingerprint density at radius 3 is 2.72 bits per heavy atom. The molecule has 9 nitrogen and oxygen atoms in total. The number of hydrogen-bond acceptors (Lipinski definition) is 8. The lowest BCUT2D eigenvalue weighted by molar-refractivity contribution is -0.385. The lowest BCUT2D eigenvalue weighted by Crippen LogP contribution is -2.21. The monoisotopic (exact) mass is 416 g/mol. The van der Waals surface area contributed by atoms with Gasteiger partial charge in [0, 0.05) is 17.0 Å². The molecule has 0 bridgehead atoms. The standard InChI is InChI=1S/C19H16N2O7S/c1-2-26-19(23)17-12(14-8-5-9-27-14)11-29-18(17)20-16(22)10-28-15-7-4-3-6-13(15)21(24)25/h3-9,11H,2,10H2,1H3,(H,20,22). The molecule has 1 amide bonds. The minimum absolute atomic E-state index is 0.0271. The van der Waals surface area contributed by atoms with E-state index in [0.29, 0.717) is 11.3 Å². The number of amides is 1. The summed E-state index contributed by atoms with van der Waals surface area (Å²) in [4.78, 5) is 35.2. The summed E-state index contributed by atoms with van der Waals surface area (Å²) in [5, 5.41) is 15.6. The van der Waals surface area contributed by atoms with Crippen LogP contribution in [-0.2, 0) is 9.53 Å². The maximum Gasteiger partial charge on any atom is 0.341 e. The molecule has 0 aliphatic heterocycles. The Kier molecular flexibility index (Phi) is 6.25. The van der Waals surface area contributed by atoms with Gasteiger partial charge in [-0.1, -0.05) is 12.1 Å². The molecular weight excluding hydrogens is 400 g/mol. The Morgan fingerprint density at radius 1 is 1.24 bits per heavy atom. The normalized spacial score (nSPS) is 10.4. The number of carbonyl (C=O) groups excluding carboxylic acids is 2. The maximum atomic E-state index is 12.4. The van der Waals surface area contributed by atoms with E-state index in [2.05, 4.69) is 5.32 Å². The molecule has 0 atom stereocenters. The minimum Gasteiger partial charge on any atom is -0.477 e. The summed E-state index contributed by atoms with van der Waals surface area (Å²) in [6.07, 6.45) is 1.47. The van der Waals surface area contributed by atoms with Crippen LogP contribution in [0.1, 0.15) is 17.3 Å². The van der Waals surface area contributed by atoms with Crippen LogP contribution >= 0.6 is 11.3 Å². The Morgan fingerprint density at radius 2 is 2.03 bits per heavy atom. The van der Waals surface area contributed by atoms with Crippen LogP contribution in [-0.4, -0.2) is 30.0 Å². The highest BCUT2D eigenvalue weighted by Crippen LogP contribution is 2.36. The molecule has 0 radical (unpaired) electrons. The van der Waals surface area contributed by atoms with Crippen LogP contribution in [0.15, 0.2) is 52.5 Å². The number of hydrogen-bond donors (Lipinski definition) is 1. The summed E-state index contributed by atoms with van der Waals surface area (Å²) in [5.41, 5.74) is 0.419.